The lowest BCUT2D eigenvalue weighted by atomic mass is 10.1. The summed E-state index contributed by atoms with van der Waals surface area (Å²) in [7, 11) is 0. The molecule has 0 aromatic heterocycles. The average Bonchev–Trinajstić information content (AvgIpc) is 2.37. The molecule has 1 amide bonds. The number of benzene rings is 1. The van der Waals surface area contributed by atoms with Crippen molar-refractivity contribution < 1.29 is 9.53 Å². The predicted molar refractivity (Wildman–Crippen MR) is 89.9 cm³/mol. The third kappa shape index (κ3) is 5.89. The molecule has 1 aromatic rings. The molecule has 0 aliphatic heterocycles. The Morgan fingerprint density at radius 1 is 1.43 bits per heavy atom. The van der Waals surface area contributed by atoms with E-state index in [1.54, 1.807) is 25.1 Å². The van der Waals surface area contributed by atoms with Gasteiger partial charge in [0.25, 0.3) is 5.91 Å². The van der Waals surface area contributed by atoms with Gasteiger partial charge in [-0.25, -0.2) is 0 Å². The van der Waals surface area contributed by atoms with Crippen molar-refractivity contribution in [2.75, 3.05) is 6.54 Å². The summed E-state index contributed by atoms with van der Waals surface area (Å²) in [5.74, 6) is 0.907. The van der Waals surface area contributed by atoms with Crippen molar-refractivity contribution in [1.82, 2.24) is 5.32 Å². The lowest BCUT2D eigenvalue weighted by Crippen LogP contribution is -2.37. The Morgan fingerprint density at radius 3 is 2.62 bits per heavy atom. The molecule has 1 unspecified atom stereocenters. The second-order valence-electron chi connectivity index (χ2n) is 5.24. The van der Waals surface area contributed by atoms with E-state index < -0.39 is 6.10 Å². The highest BCUT2D eigenvalue weighted by Gasteiger charge is 2.15. The van der Waals surface area contributed by atoms with Crippen molar-refractivity contribution in [3.8, 4) is 5.75 Å². The van der Waals surface area contributed by atoms with Gasteiger partial charge < -0.3 is 15.8 Å². The zero-order valence-corrected chi connectivity index (χ0v) is 14.1. The van der Waals surface area contributed by atoms with Crippen LogP contribution in [0.4, 0.5) is 0 Å². The van der Waals surface area contributed by atoms with Gasteiger partial charge in [-0.3, -0.25) is 4.79 Å². The van der Waals surface area contributed by atoms with Crippen LogP contribution in [0.25, 0.3) is 0 Å². The highest BCUT2D eigenvalue weighted by atomic mass is 35.5. The highest BCUT2D eigenvalue weighted by Crippen LogP contribution is 2.23. The fourth-order valence-electron chi connectivity index (χ4n) is 1.65. The zero-order chi connectivity index (χ0) is 16.0. The van der Waals surface area contributed by atoms with Gasteiger partial charge in [-0.15, -0.1) is 0 Å². The van der Waals surface area contributed by atoms with Crippen LogP contribution in [0.2, 0.25) is 5.02 Å². The quantitative estimate of drug-likeness (QED) is 0.755. The molecule has 0 saturated heterocycles. The summed E-state index contributed by atoms with van der Waals surface area (Å²) < 4.78 is 5.57. The monoisotopic (exact) mass is 328 g/mol. The Hall–Kier alpha value is -1.33. The van der Waals surface area contributed by atoms with Crippen molar-refractivity contribution in [3.05, 3.63) is 28.8 Å². The fraction of sp³-hybridized carbons (Fsp3) is 0.467. The van der Waals surface area contributed by atoms with Crippen LogP contribution in [-0.2, 0) is 4.79 Å². The first kappa shape index (κ1) is 17.7. The van der Waals surface area contributed by atoms with E-state index in [4.69, 9.17) is 34.3 Å². The molecule has 3 N–H and O–H groups in total. The van der Waals surface area contributed by atoms with E-state index in [9.17, 15) is 4.79 Å². The van der Waals surface area contributed by atoms with Crippen LogP contribution in [0, 0.1) is 5.92 Å². The maximum atomic E-state index is 11.9. The molecule has 0 heterocycles. The van der Waals surface area contributed by atoms with Gasteiger partial charge in [0, 0.05) is 12.1 Å². The van der Waals surface area contributed by atoms with E-state index in [1.165, 1.54) is 0 Å². The molecule has 1 rings (SSSR count). The smallest absolute Gasteiger partial charge is 0.260 e. The number of hydrogen-bond acceptors (Lipinski definition) is 3. The molecular formula is C15H21ClN2O2S. The van der Waals surface area contributed by atoms with Crippen LogP contribution in [0.1, 0.15) is 32.8 Å². The highest BCUT2D eigenvalue weighted by molar-refractivity contribution is 7.80. The van der Waals surface area contributed by atoms with Crippen molar-refractivity contribution in [2.45, 2.75) is 33.3 Å². The second-order valence-corrected chi connectivity index (χ2v) is 6.09. The summed E-state index contributed by atoms with van der Waals surface area (Å²) >= 11 is 10.9. The molecule has 0 bridgehead atoms. The number of nitrogens with two attached hydrogens (primary N) is 1. The zero-order valence-electron chi connectivity index (χ0n) is 12.5. The molecule has 21 heavy (non-hydrogen) atoms. The van der Waals surface area contributed by atoms with Crippen LogP contribution in [0.15, 0.2) is 18.2 Å². The number of carbonyl (C=O) groups excluding carboxylic acids is 1. The standard InChI is InChI=1S/C15H21ClN2O2S/c1-9(2)6-7-18-15(19)10(3)20-11-4-5-12(14(17)21)13(16)8-11/h4-5,8-10H,6-7H2,1-3H3,(H2,17,21)(H,18,19). The number of halogens is 1. The van der Waals surface area contributed by atoms with Gasteiger partial charge in [-0.1, -0.05) is 37.7 Å². The van der Waals surface area contributed by atoms with Gasteiger partial charge in [0.2, 0.25) is 0 Å². The molecule has 0 radical (unpaired) electrons. The third-order valence-corrected chi connectivity index (χ3v) is 3.44. The minimum absolute atomic E-state index is 0.148. The van der Waals surface area contributed by atoms with E-state index in [-0.39, 0.29) is 10.9 Å². The normalized spacial score (nSPS) is 12.0. The summed E-state index contributed by atoms with van der Waals surface area (Å²) in [6.07, 6.45) is 0.344. The Morgan fingerprint density at radius 2 is 2.10 bits per heavy atom. The molecule has 1 atom stereocenters. The molecule has 0 aliphatic carbocycles. The van der Waals surface area contributed by atoms with E-state index in [2.05, 4.69) is 19.2 Å². The van der Waals surface area contributed by atoms with Gasteiger partial charge in [0.05, 0.1) is 5.02 Å². The molecule has 6 heteroatoms. The number of hydrogen-bond donors (Lipinski definition) is 2. The van der Waals surface area contributed by atoms with Crippen LogP contribution in [0.3, 0.4) is 0 Å². The maximum Gasteiger partial charge on any atom is 0.260 e. The van der Waals surface area contributed by atoms with Crippen molar-refractivity contribution in [3.63, 3.8) is 0 Å². The van der Waals surface area contributed by atoms with Gasteiger partial charge in [-0.2, -0.15) is 0 Å². The summed E-state index contributed by atoms with van der Waals surface area (Å²) in [5.41, 5.74) is 6.13. The van der Waals surface area contributed by atoms with E-state index in [0.29, 0.717) is 28.8 Å². The lowest BCUT2D eigenvalue weighted by molar-refractivity contribution is -0.127. The Labute approximate surface area is 136 Å². The molecule has 116 valence electrons. The molecule has 0 aliphatic rings. The fourth-order valence-corrected chi connectivity index (χ4v) is 2.16. The van der Waals surface area contributed by atoms with Crippen molar-refractivity contribution in [2.24, 2.45) is 11.7 Å². The van der Waals surface area contributed by atoms with Crippen LogP contribution in [-0.4, -0.2) is 23.5 Å². The average molecular weight is 329 g/mol. The molecule has 1 aromatic carbocycles. The van der Waals surface area contributed by atoms with Gasteiger partial charge >= 0.3 is 0 Å². The number of amides is 1. The summed E-state index contributed by atoms with van der Waals surface area (Å²) in [6.45, 7) is 6.56. The number of rotatable bonds is 7. The minimum Gasteiger partial charge on any atom is -0.481 e. The van der Waals surface area contributed by atoms with Gasteiger partial charge in [-0.05, 0) is 37.5 Å². The first-order chi connectivity index (χ1) is 9.81. The molecule has 0 spiro atoms. The van der Waals surface area contributed by atoms with E-state index in [1.807, 2.05) is 0 Å². The summed E-state index contributed by atoms with van der Waals surface area (Å²) in [5, 5.41) is 3.25. The molecular weight excluding hydrogens is 308 g/mol. The molecule has 0 saturated carbocycles. The number of ether oxygens (including phenoxy) is 1. The van der Waals surface area contributed by atoms with E-state index in [0.717, 1.165) is 6.42 Å². The number of thiocarbonyl (C=S) groups is 1. The van der Waals surface area contributed by atoms with Gasteiger partial charge in [0.15, 0.2) is 6.10 Å². The predicted octanol–water partition coefficient (Wildman–Crippen LogP) is 2.90. The van der Waals surface area contributed by atoms with Crippen LogP contribution in [0.5, 0.6) is 5.75 Å². The Kier molecular flexibility index (Phi) is 6.92. The first-order valence-electron chi connectivity index (χ1n) is 6.85. The van der Waals surface area contributed by atoms with Crippen LogP contribution >= 0.6 is 23.8 Å². The first-order valence-corrected chi connectivity index (χ1v) is 7.63. The third-order valence-electron chi connectivity index (χ3n) is 2.91. The second kappa shape index (κ2) is 8.20. The van der Waals surface area contributed by atoms with Crippen molar-refractivity contribution >= 4 is 34.7 Å². The minimum atomic E-state index is -0.594. The molecule has 0 fully saturated rings. The number of nitrogens with one attached hydrogen (secondary N) is 1. The summed E-state index contributed by atoms with van der Waals surface area (Å²) in [6, 6.07) is 4.98. The lowest BCUT2D eigenvalue weighted by Gasteiger charge is -2.16. The SMILES string of the molecule is CC(C)CCNC(=O)C(C)Oc1ccc(C(N)=S)c(Cl)c1. The van der Waals surface area contributed by atoms with Crippen molar-refractivity contribution in [1.29, 1.82) is 0 Å². The van der Waals surface area contributed by atoms with Crippen LogP contribution < -0.4 is 15.8 Å². The summed E-state index contributed by atoms with van der Waals surface area (Å²) in [4.78, 5) is 12.1. The van der Waals surface area contributed by atoms with Gasteiger partial charge in [0.1, 0.15) is 10.7 Å². The van der Waals surface area contributed by atoms with E-state index >= 15 is 0 Å². The number of carbonyl (C=O) groups is 1. The molecule has 4 nitrogen and oxygen atoms in total. The topological polar surface area (TPSA) is 64.3 Å². The maximum absolute atomic E-state index is 11.9. The Bertz CT molecular complexity index is 520. The Balaban J connectivity index is 2.58. The largest absolute Gasteiger partial charge is 0.481 e.